The molecule has 0 amide bonds. The molecule has 0 N–H and O–H groups in total. The minimum atomic E-state index is -4.37. The summed E-state index contributed by atoms with van der Waals surface area (Å²) in [6.45, 7) is 4.50. The summed E-state index contributed by atoms with van der Waals surface area (Å²) in [5.74, 6) is -9.98. The molecule has 8 heteroatoms. The van der Waals surface area contributed by atoms with E-state index in [0.717, 1.165) is 43.9 Å². The second-order valence-electron chi connectivity index (χ2n) is 7.47. The number of carboxylic acid groups (broad SMARTS) is 1. The number of esters is 1. The SMILES string of the molecule is CCC1(Oc2cc(F)ccc2C(=O)OC(C(C)C)C(F)(F)C(=O)[O-])CCCC1. The van der Waals surface area contributed by atoms with E-state index in [1.165, 1.54) is 13.8 Å². The number of halogens is 3. The van der Waals surface area contributed by atoms with Crippen LogP contribution >= 0.6 is 0 Å². The molecule has 0 aromatic heterocycles. The number of hydrogen-bond donors (Lipinski definition) is 0. The van der Waals surface area contributed by atoms with Gasteiger partial charge in [-0.3, -0.25) is 0 Å². The maximum Gasteiger partial charge on any atom is 0.342 e. The molecule has 1 unspecified atom stereocenters. The topological polar surface area (TPSA) is 75.7 Å². The number of carbonyl (C=O) groups is 2. The second-order valence-corrected chi connectivity index (χ2v) is 7.47. The minimum absolute atomic E-state index is 0.104. The van der Waals surface area contributed by atoms with Gasteiger partial charge in [-0.05, 0) is 50.2 Å². The summed E-state index contributed by atoms with van der Waals surface area (Å²) in [5.41, 5.74) is -0.796. The van der Waals surface area contributed by atoms with Crippen LogP contribution in [0, 0.1) is 11.7 Å². The molecular formula is C20H24F3O5-. The average Bonchev–Trinajstić information content (AvgIpc) is 3.08. The molecule has 0 radical (unpaired) electrons. The van der Waals surface area contributed by atoms with E-state index in [2.05, 4.69) is 0 Å². The van der Waals surface area contributed by atoms with E-state index in [1.807, 2.05) is 6.92 Å². The Kier molecular flexibility index (Phi) is 6.62. The van der Waals surface area contributed by atoms with E-state index in [-0.39, 0.29) is 11.3 Å². The fraction of sp³-hybridized carbons (Fsp3) is 0.600. The van der Waals surface area contributed by atoms with Gasteiger partial charge in [-0.15, -0.1) is 0 Å². The van der Waals surface area contributed by atoms with E-state index in [4.69, 9.17) is 9.47 Å². The first kappa shape index (κ1) is 22.0. The third-order valence-electron chi connectivity index (χ3n) is 5.12. The lowest BCUT2D eigenvalue weighted by atomic mass is 9.98. The van der Waals surface area contributed by atoms with Gasteiger partial charge in [-0.25, -0.2) is 9.18 Å². The Balaban J connectivity index is 2.33. The number of alkyl halides is 2. The highest BCUT2D eigenvalue weighted by Crippen LogP contribution is 2.38. The van der Waals surface area contributed by atoms with Crippen molar-refractivity contribution < 1.29 is 37.3 Å². The van der Waals surface area contributed by atoms with Crippen LogP contribution in [-0.4, -0.2) is 29.6 Å². The molecule has 1 aliphatic rings. The van der Waals surface area contributed by atoms with Crippen LogP contribution in [0.15, 0.2) is 18.2 Å². The predicted octanol–water partition coefficient (Wildman–Crippen LogP) is 3.49. The third-order valence-corrected chi connectivity index (χ3v) is 5.12. The van der Waals surface area contributed by atoms with Crippen LogP contribution in [0.3, 0.4) is 0 Å². The molecule has 5 nitrogen and oxygen atoms in total. The molecule has 1 fully saturated rings. The zero-order valence-corrected chi connectivity index (χ0v) is 16.1. The van der Waals surface area contributed by atoms with Crippen LogP contribution in [0.2, 0.25) is 0 Å². The molecule has 0 heterocycles. The van der Waals surface area contributed by atoms with Gasteiger partial charge in [0, 0.05) is 6.07 Å². The number of ether oxygens (including phenoxy) is 2. The lowest BCUT2D eigenvalue weighted by molar-refractivity contribution is -0.337. The van der Waals surface area contributed by atoms with Gasteiger partial charge in [0.25, 0.3) is 0 Å². The monoisotopic (exact) mass is 401 g/mol. The van der Waals surface area contributed by atoms with E-state index < -0.39 is 41.3 Å². The summed E-state index contributed by atoms with van der Waals surface area (Å²) >= 11 is 0. The van der Waals surface area contributed by atoms with E-state index in [0.29, 0.717) is 6.42 Å². The Bertz CT molecular complexity index is 727. The predicted molar refractivity (Wildman–Crippen MR) is 92.5 cm³/mol. The third kappa shape index (κ3) is 4.59. The molecule has 0 bridgehead atoms. The van der Waals surface area contributed by atoms with E-state index in [1.54, 1.807) is 0 Å². The van der Waals surface area contributed by atoms with Gasteiger partial charge in [0.1, 0.15) is 28.7 Å². The Morgan fingerprint density at radius 2 is 1.86 bits per heavy atom. The fourth-order valence-corrected chi connectivity index (χ4v) is 3.45. The van der Waals surface area contributed by atoms with Crippen molar-refractivity contribution in [3.05, 3.63) is 29.6 Å². The lowest BCUT2D eigenvalue weighted by Gasteiger charge is -2.32. The molecule has 1 atom stereocenters. The summed E-state index contributed by atoms with van der Waals surface area (Å²) in [7, 11) is 0. The first-order chi connectivity index (χ1) is 13.0. The highest BCUT2D eigenvalue weighted by Gasteiger charge is 2.46. The van der Waals surface area contributed by atoms with Gasteiger partial charge in [0.15, 0.2) is 6.10 Å². The van der Waals surface area contributed by atoms with Crippen LogP contribution in [0.4, 0.5) is 13.2 Å². The van der Waals surface area contributed by atoms with Crippen molar-refractivity contribution in [1.29, 1.82) is 0 Å². The molecule has 1 aromatic rings. The van der Waals surface area contributed by atoms with Gasteiger partial charge < -0.3 is 19.4 Å². The Hall–Kier alpha value is -2.25. The van der Waals surface area contributed by atoms with E-state index >= 15 is 0 Å². The zero-order valence-electron chi connectivity index (χ0n) is 16.1. The highest BCUT2D eigenvalue weighted by molar-refractivity contribution is 5.93. The number of hydrogen-bond acceptors (Lipinski definition) is 5. The zero-order chi connectivity index (χ0) is 21.1. The van der Waals surface area contributed by atoms with Crippen molar-refractivity contribution in [2.45, 2.75) is 70.5 Å². The molecule has 1 saturated carbocycles. The number of carbonyl (C=O) groups excluding carboxylic acids is 2. The highest BCUT2D eigenvalue weighted by atomic mass is 19.3. The van der Waals surface area contributed by atoms with Crippen molar-refractivity contribution in [3.63, 3.8) is 0 Å². The van der Waals surface area contributed by atoms with Crippen LogP contribution in [0.25, 0.3) is 0 Å². The molecule has 0 spiro atoms. The van der Waals surface area contributed by atoms with Gasteiger partial charge in [-0.2, -0.15) is 8.78 Å². The fourth-order valence-electron chi connectivity index (χ4n) is 3.45. The van der Waals surface area contributed by atoms with Crippen molar-refractivity contribution in [1.82, 2.24) is 0 Å². The van der Waals surface area contributed by atoms with Gasteiger partial charge >= 0.3 is 11.9 Å². The standard InChI is InChI=1S/C20H25F3O5/c1-4-19(9-5-6-10-19)28-15-11-13(21)7-8-14(15)17(24)27-16(12(2)3)20(22,23)18(25)26/h7-8,11-12,16H,4-6,9-10H2,1-3H3,(H,25,26)/p-1. The smallest absolute Gasteiger partial charge is 0.342 e. The Morgan fingerprint density at radius 3 is 2.36 bits per heavy atom. The maximum atomic E-state index is 13.9. The van der Waals surface area contributed by atoms with Gasteiger partial charge in [-0.1, -0.05) is 20.8 Å². The van der Waals surface area contributed by atoms with Gasteiger partial charge in [0.05, 0.1) is 0 Å². The first-order valence-corrected chi connectivity index (χ1v) is 9.31. The van der Waals surface area contributed by atoms with Crippen molar-refractivity contribution in [3.8, 4) is 5.75 Å². The Labute approximate surface area is 161 Å². The van der Waals surface area contributed by atoms with Crippen molar-refractivity contribution >= 4 is 11.9 Å². The summed E-state index contributed by atoms with van der Waals surface area (Å²) in [5, 5.41) is 10.8. The molecule has 0 aliphatic heterocycles. The Morgan fingerprint density at radius 1 is 1.25 bits per heavy atom. The molecule has 1 aliphatic carbocycles. The average molecular weight is 401 g/mol. The second kappa shape index (κ2) is 8.41. The van der Waals surface area contributed by atoms with Crippen LogP contribution in [-0.2, 0) is 9.53 Å². The molecule has 2 rings (SSSR count). The number of carboxylic acids is 1. The first-order valence-electron chi connectivity index (χ1n) is 9.31. The number of benzene rings is 1. The van der Waals surface area contributed by atoms with E-state index in [9.17, 15) is 27.9 Å². The lowest BCUT2D eigenvalue weighted by Crippen LogP contribution is -2.53. The molecule has 28 heavy (non-hydrogen) atoms. The number of aliphatic carboxylic acids is 1. The maximum absolute atomic E-state index is 13.9. The normalized spacial score (nSPS) is 17.4. The number of rotatable bonds is 8. The van der Waals surface area contributed by atoms with Crippen molar-refractivity contribution in [2.75, 3.05) is 0 Å². The summed E-state index contributed by atoms with van der Waals surface area (Å²) in [4.78, 5) is 23.3. The minimum Gasteiger partial charge on any atom is -0.544 e. The molecule has 156 valence electrons. The summed E-state index contributed by atoms with van der Waals surface area (Å²) < 4.78 is 52.4. The van der Waals surface area contributed by atoms with Crippen molar-refractivity contribution in [2.24, 2.45) is 5.92 Å². The van der Waals surface area contributed by atoms with Crippen LogP contribution in [0.5, 0.6) is 5.75 Å². The summed E-state index contributed by atoms with van der Waals surface area (Å²) in [6, 6.07) is 3.07. The van der Waals surface area contributed by atoms with Crippen LogP contribution < -0.4 is 9.84 Å². The quantitative estimate of drug-likeness (QED) is 0.624. The van der Waals surface area contributed by atoms with Crippen LogP contribution in [0.1, 0.15) is 63.2 Å². The molecule has 1 aromatic carbocycles. The molecule has 0 saturated heterocycles. The largest absolute Gasteiger partial charge is 0.544 e. The van der Waals surface area contributed by atoms with Gasteiger partial charge in [0.2, 0.25) is 0 Å². The molecular weight excluding hydrogens is 377 g/mol. The summed E-state index contributed by atoms with van der Waals surface area (Å²) in [6.07, 6.45) is 1.70.